The van der Waals surface area contributed by atoms with Crippen molar-refractivity contribution in [2.75, 3.05) is 13.7 Å². The summed E-state index contributed by atoms with van der Waals surface area (Å²) in [6, 6.07) is -0.318. The second kappa shape index (κ2) is 4.21. The summed E-state index contributed by atoms with van der Waals surface area (Å²) in [7, 11) is 1.38. The lowest BCUT2D eigenvalue weighted by molar-refractivity contribution is -0.151. The maximum atomic E-state index is 11.8. The molecule has 2 fully saturated rings. The van der Waals surface area contributed by atoms with Gasteiger partial charge < -0.3 is 9.64 Å². The van der Waals surface area contributed by atoms with Crippen molar-refractivity contribution in [2.45, 2.75) is 38.1 Å². The van der Waals surface area contributed by atoms with Gasteiger partial charge in [-0.3, -0.25) is 4.79 Å². The predicted molar refractivity (Wildman–Crippen MR) is 54.1 cm³/mol. The third kappa shape index (κ3) is 2.30. The standard InChI is InChI=1S/C11H17NO3/c1-15-11(14)9-3-2-6-12(9)10(13)7-8-4-5-8/h8-9H,2-7H2,1H3. The van der Waals surface area contributed by atoms with E-state index in [1.54, 1.807) is 4.90 Å². The summed E-state index contributed by atoms with van der Waals surface area (Å²) in [5, 5.41) is 0. The highest BCUT2D eigenvalue weighted by atomic mass is 16.5. The predicted octanol–water partition coefficient (Wildman–Crippen LogP) is 0.950. The molecule has 0 N–H and O–H groups in total. The van der Waals surface area contributed by atoms with E-state index in [0.29, 0.717) is 18.9 Å². The quantitative estimate of drug-likeness (QED) is 0.653. The SMILES string of the molecule is COC(=O)C1CCCN1C(=O)CC1CC1. The summed E-state index contributed by atoms with van der Waals surface area (Å²) in [6.45, 7) is 0.714. The molecule has 1 amide bonds. The molecule has 1 atom stereocenters. The Balaban J connectivity index is 1.93. The van der Waals surface area contributed by atoms with Crippen molar-refractivity contribution in [1.29, 1.82) is 0 Å². The minimum Gasteiger partial charge on any atom is -0.467 e. The van der Waals surface area contributed by atoms with Crippen molar-refractivity contribution < 1.29 is 14.3 Å². The van der Waals surface area contributed by atoms with E-state index in [2.05, 4.69) is 0 Å². The highest BCUT2D eigenvalue weighted by Crippen LogP contribution is 2.34. The van der Waals surface area contributed by atoms with Gasteiger partial charge in [-0.05, 0) is 31.6 Å². The molecule has 1 aliphatic heterocycles. The van der Waals surface area contributed by atoms with Crippen LogP contribution < -0.4 is 0 Å². The first-order valence-electron chi connectivity index (χ1n) is 5.59. The first kappa shape index (κ1) is 10.5. The average molecular weight is 211 g/mol. The minimum absolute atomic E-state index is 0.130. The van der Waals surface area contributed by atoms with E-state index in [1.807, 2.05) is 0 Å². The van der Waals surface area contributed by atoms with Crippen molar-refractivity contribution in [3.8, 4) is 0 Å². The number of nitrogens with zero attached hydrogens (tertiary/aromatic N) is 1. The van der Waals surface area contributed by atoms with Crippen LogP contribution in [0.3, 0.4) is 0 Å². The van der Waals surface area contributed by atoms with Crippen LogP contribution in [0.25, 0.3) is 0 Å². The van der Waals surface area contributed by atoms with Crippen LogP contribution in [-0.2, 0) is 14.3 Å². The molecule has 15 heavy (non-hydrogen) atoms. The van der Waals surface area contributed by atoms with Crippen LogP contribution in [0.5, 0.6) is 0 Å². The van der Waals surface area contributed by atoms with Crippen molar-refractivity contribution >= 4 is 11.9 Å². The molecule has 1 saturated heterocycles. The highest BCUT2D eigenvalue weighted by molar-refractivity contribution is 5.85. The highest BCUT2D eigenvalue weighted by Gasteiger charge is 2.36. The lowest BCUT2D eigenvalue weighted by Crippen LogP contribution is -2.41. The van der Waals surface area contributed by atoms with Gasteiger partial charge >= 0.3 is 5.97 Å². The fraction of sp³-hybridized carbons (Fsp3) is 0.818. The fourth-order valence-corrected chi connectivity index (χ4v) is 2.13. The first-order chi connectivity index (χ1) is 7.22. The van der Waals surface area contributed by atoms with E-state index in [1.165, 1.54) is 20.0 Å². The van der Waals surface area contributed by atoms with Crippen LogP contribution in [0.1, 0.15) is 32.1 Å². The molecule has 1 saturated carbocycles. The average Bonchev–Trinajstić information content (AvgIpc) is 2.90. The monoisotopic (exact) mass is 211 g/mol. The summed E-state index contributed by atoms with van der Waals surface area (Å²) in [6.07, 6.45) is 4.62. The van der Waals surface area contributed by atoms with E-state index >= 15 is 0 Å². The van der Waals surface area contributed by atoms with Crippen molar-refractivity contribution in [1.82, 2.24) is 4.90 Å². The molecule has 0 spiro atoms. The molecule has 0 aromatic rings. The lowest BCUT2D eigenvalue weighted by atomic mass is 10.2. The number of methoxy groups -OCH3 is 1. The molecule has 2 rings (SSSR count). The number of ether oxygens (including phenoxy) is 1. The molecule has 0 aromatic heterocycles. The molecule has 1 heterocycles. The Morgan fingerprint density at radius 2 is 2.07 bits per heavy atom. The summed E-state index contributed by atoms with van der Waals surface area (Å²) in [5.74, 6) is 0.443. The Bertz CT molecular complexity index is 273. The van der Waals surface area contributed by atoms with Crippen LogP contribution in [0.2, 0.25) is 0 Å². The lowest BCUT2D eigenvalue weighted by Gasteiger charge is -2.22. The Kier molecular flexibility index (Phi) is 2.93. The molecular weight excluding hydrogens is 194 g/mol. The van der Waals surface area contributed by atoms with Crippen LogP contribution in [0.4, 0.5) is 0 Å². The summed E-state index contributed by atoms with van der Waals surface area (Å²) in [5.41, 5.74) is 0. The smallest absolute Gasteiger partial charge is 0.328 e. The topological polar surface area (TPSA) is 46.6 Å². The Hall–Kier alpha value is -1.06. The van der Waals surface area contributed by atoms with Crippen LogP contribution in [0.15, 0.2) is 0 Å². The van der Waals surface area contributed by atoms with E-state index in [-0.39, 0.29) is 17.9 Å². The molecule has 2 aliphatic rings. The zero-order chi connectivity index (χ0) is 10.8. The van der Waals surface area contributed by atoms with Crippen molar-refractivity contribution in [3.05, 3.63) is 0 Å². The fourth-order valence-electron chi connectivity index (χ4n) is 2.13. The van der Waals surface area contributed by atoms with E-state index in [0.717, 1.165) is 12.8 Å². The number of rotatable bonds is 3. The molecule has 1 aliphatic carbocycles. The van der Waals surface area contributed by atoms with Crippen LogP contribution in [0, 0.1) is 5.92 Å². The number of hydrogen-bond donors (Lipinski definition) is 0. The van der Waals surface area contributed by atoms with Gasteiger partial charge in [0.2, 0.25) is 5.91 Å². The second-order valence-corrected chi connectivity index (χ2v) is 4.42. The molecule has 0 aromatic carbocycles. The van der Waals surface area contributed by atoms with Gasteiger partial charge in [-0.15, -0.1) is 0 Å². The Labute approximate surface area is 89.6 Å². The first-order valence-corrected chi connectivity index (χ1v) is 5.59. The van der Waals surface area contributed by atoms with E-state index in [9.17, 15) is 9.59 Å². The number of hydrogen-bond acceptors (Lipinski definition) is 3. The van der Waals surface area contributed by atoms with E-state index in [4.69, 9.17) is 4.74 Å². The van der Waals surface area contributed by atoms with Crippen LogP contribution in [-0.4, -0.2) is 36.5 Å². The number of carbonyl (C=O) groups excluding carboxylic acids is 2. The normalized spacial score (nSPS) is 25.4. The van der Waals surface area contributed by atoms with E-state index < -0.39 is 0 Å². The number of amides is 1. The molecule has 84 valence electrons. The van der Waals surface area contributed by atoms with Gasteiger partial charge in [-0.25, -0.2) is 4.79 Å². The van der Waals surface area contributed by atoms with Gasteiger partial charge in [0.25, 0.3) is 0 Å². The van der Waals surface area contributed by atoms with Crippen molar-refractivity contribution in [2.24, 2.45) is 5.92 Å². The van der Waals surface area contributed by atoms with Crippen molar-refractivity contribution in [3.63, 3.8) is 0 Å². The van der Waals surface area contributed by atoms with Gasteiger partial charge in [-0.2, -0.15) is 0 Å². The van der Waals surface area contributed by atoms with Gasteiger partial charge in [-0.1, -0.05) is 0 Å². The van der Waals surface area contributed by atoms with Gasteiger partial charge in [0.15, 0.2) is 0 Å². The number of likely N-dealkylation sites (tertiary alicyclic amines) is 1. The van der Waals surface area contributed by atoms with Crippen LogP contribution >= 0.6 is 0 Å². The molecule has 0 bridgehead atoms. The molecule has 0 radical (unpaired) electrons. The molecule has 4 heteroatoms. The molecule has 4 nitrogen and oxygen atoms in total. The summed E-state index contributed by atoms with van der Waals surface area (Å²) >= 11 is 0. The Morgan fingerprint density at radius 3 is 2.67 bits per heavy atom. The number of carbonyl (C=O) groups is 2. The largest absolute Gasteiger partial charge is 0.467 e. The third-order valence-electron chi connectivity index (χ3n) is 3.21. The Morgan fingerprint density at radius 1 is 1.33 bits per heavy atom. The number of esters is 1. The van der Waals surface area contributed by atoms with Gasteiger partial charge in [0, 0.05) is 13.0 Å². The zero-order valence-corrected chi connectivity index (χ0v) is 9.07. The third-order valence-corrected chi connectivity index (χ3v) is 3.21. The maximum absolute atomic E-state index is 11.8. The summed E-state index contributed by atoms with van der Waals surface area (Å²) < 4.78 is 4.70. The van der Waals surface area contributed by atoms with Gasteiger partial charge in [0.1, 0.15) is 6.04 Å². The maximum Gasteiger partial charge on any atom is 0.328 e. The second-order valence-electron chi connectivity index (χ2n) is 4.42. The summed E-state index contributed by atoms with van der Waals surface area (Å²) in [4.78, 5) is 25.0. The molecule has 1 unspecified atom stereocenters. The molecular formula is C11H17NO3. The van der Waals surface area contributed by atoms with Gasteiger partial charge in [0.05, 0.1) is 7.11 Å². The zero-order valence-electron chi connectivity index (χ0n) is 9.07. The minimum atomic E-state index is -0.318.